The monoisotopic (exact) mass is 496 g/mol. The molecule has 0 saturated heterocycles. The summed E-state index contributed by atoms with van der Waals surface area (Å²) in [6.45, 7) is 0.185. The zero-order valence-corrected chi connectivity index (χ0v) is 19.4. The number of phenolic OH excluding ortho intramolecular Hbond substituents is 3. The SMILES string of the molecule is COC[C@H]1Oc2cc([C@H]3Oc4cc(O)cc(O)c4C(=O)C3O)ccc2O[C@@H]1c1ccc(O)c(OC)c1. The smallest absolute Gasteiger partial charge is 0.202 e. The predicted molar refractivity (Wildman–Crippen MR) is 124 cm³/mol. The number of ether oxygens (including phenoxy) is 5. The second kappa shape index (κ2) is 9.14. The van der Waals surface area contributed by atoms with Crippen molar-refractivity contribution < 1.29 is 48.9 Å². The number of hydrogen-bond donors (Lipinski definition) is 4. The molecule has 188 valence electrons. The summed E-state index contributed by atoms with van der Waals surface area (Å²) in [5, 5.41) is 40.4. The number of benzene rings is 3. The van der Waals surface area contributed by atoms with Crippen LogP contribution in [0.2, 0.25) is 0 Å². The molecular formula is C26H24O10. The number of aromatic hydroxyl groups is 3. The molecule has 4 atom stereocenters. The van der Waals surface area contributed by atoms with Gasteiger partial charge in [-0.05, 0) is 29.8 Å². The van der Waals surface area contributed by atoms with Crippen LogP contribution in [-0.2, 0) is 4.74 Å². The van der Waals surface area contributed by atoms with Crippen LogP contribution in [0.15, 0.2) is 48.5 Å². The van der Waals surface area contributed by atoms with E-state index in [4.69, 9.17) is 23.7 Å². The van der Waals surface area contributed by atoms with E-state index in [-0.39, 0.29) is 29.4 Å². The Labute approximate surface area is 205 Å². The van der Waals surface area contributed by atoms with E-state index in [1.165, 1.54) is 26.4 Å². The summed E-state index contributed by atoms with van der Waals surface area (Å²) in [5.74, 6) is -0.480. The Morgan fingerprint density at radius 1 is 0.806 bits per heavy atom. The highest BCUT2D eigenvalue weighted by molar-refractivity contribution is 6.05. The lowest BCUT2D eigenvalue weighted by Gasteiger charge is -2.35. The minimum atomic E-state index is -1.59. The molecule has 2 aliphatic rings. The molecule has 0 saturated carbocycles. The van der Waals surface area contributed by atoms with E-state index in [1.54, 1.807) is 30.3 Å². The molecule has 0 aromatic heterocycles. The first-order valence-corrected chi connectivity index (χ1v) is 11.1. The fourth-order valence-corrected chi connectivity index (χ4v) is 4.43. The lowest BCUT2D eigenvalue weighted by molar-refractivity contribution is -0.0244. The van der Waals surface area contributed by atoms with Gasteiger partial charge in [0.2, 0.25) is 5.78 Å². The van der Waals surface area contributed by atoms with Gasteiger partial charge in [-0.15, -0.1) is 0 Å². The van der Waals surface area contributed by atoms with Crippen LogP contribution < -0.4 is 18.9 Å². The van der Waals surface area contributed by atoms with Gasteiger partial charge >= 0.3 is 0 Å². The number of Topliss-reactive ketones (excluding diaryl/α,β-unsaturated/α-hetero) is 1. The second-order valence-corrected chi connectivity index (χ2v) is 8.47. The summed E-state index contributed by atoms with van der Waals surface area (Å²) in [7, 11) is 2.98. The molecule has 1 unspecified atom stereocenters. The average molecular weight is 496 g/mol. The van der Waals surface area contributed by atoms with Gasteiger partial charge < -0.3 is 44.1 Å². The minimum absolute atomic E-state index is 0.00453. The van der Waals surface area contributed by atoms with Crippen LogP contribution >= 0.6 is 0 Å². The van der Waals surface area contributed by atoms with Crippen LogP contribution in [0.3, 0.4) is 0 Å². The van der Waals surface area contributed by atoms with Crippen LogP contribution in [-0.4, -0.2) is 59.2 Å². The lowest BCUT2D eigenvalue weighted by atomic mass is 9.92. The van der Waals surface area contributed by atoms with Crippen molar-refractivity contribution in [3.05, 3.63) is 65.2 Å². The summed E-state index contributed by atoms with van der Waals surface area (Å²) in [4.78, 5) is 12.8. The fraction of sp³-hybridized carbons (Fsp3) is 0.269. The zero-order chi connectivity index (χ0) is 25.6. The number of fused-ring (bicyclic) bond motifs is 2. The summed E-state index contributed by atoms with van der Waals surface area (Å²) >= 11 is 0. The number of rotatable bonds is 5. The third-order valence-corrected chi connectivity index (χ3v) is 6.15. The topological polar surface area (TPSA) is 144 Å². The number of aliphatic hydroxyl groups excluding tert-OH is 1. The first-order chi connectivity index (χ1) is 17.3. The maximum atomic E-state index is 12.8. The molecule has 0 spiro atoms. The molecule has 3 aromatic carbocycles. The van der Waals surface area contributed by atoms with Crippen molar-refractivity contribution in [3.8, 4) is 40.2 Å². The lowest BCUT2D eigenvalue weighted by Crippen LogP contribution is -2.38. The molecule has 4 N–H and O–H groups in total. The molecule has 0 aliphatic carbocycles. The van der Waals surface area contributed by atoms with E-state index >= 15 is 0 Å². The molecule has 3 aromatic rings. The Bertz CT molecular complexity index is 1320. The molecule has 36 heavy (non-hydrogen) atoms. The zero-order valence-electron chi connectivity index (χ0n) is 19.4. The van der Waals surface area contributed by atoms with Crippen LogP contribution in [0.25, 0.3) is 0 Å². The molecule has 10 nitrogen and oxygen atoms in total. The Morgan fingerprint density at radius 3 is 2.28 bits per heavy atom. The molecule has 2 aliphatic heterocycles. The van der Waals surface area contributed by atoms with Gasteiger partial charge in [0.15, 0.2) is 47.4 Å². The molecule has 5 rings (SSSR count). The normalized spacial score (nSPS) is 22.5. The molecule has 0 bridgehead atoms. The van der Waals surface area contributed by atoms with Gasteiger partial charge in [-0.25, -0.2) is 0 Å². The van der Waals surface area contributed by atoms with E-state index in [0.29, 0.717) is 28.4 Å². The average Bonchev–Trinajstić information content (AvgIpc) is 2.85. The highest BCUT2D eigenvalue weighted by atomic mass is 16.6. The third kappa shape index (κ3) is 4.00. The van der Waals surface area contributed by atoms with E-state index in [2.05, 4.69) is 0 Å². The number of carbonyl (C=O) groups is 1. The highest BCUT2D eigenvalue weighted by Gasteiger charge is 2.40. The van der Waals surface area contributed by atoms with Crippen LogP contribution in [0.1, 0.15) is 33.7 Å². The number of ketones is 1. The van der Waals surface area contributed by atoms with E-state index in [1.807, 2.05) is 0 Å². The van der Waals surface area contributed by atoms with Crippen LogP contribution in [0.5, 0.6) is 40.2 Å². The number of phenols is 3. The van der Waals surface area contributed by atoms with Crippen LogP contribution in [0.4, 0.5) is 0 Å². The molecule has 0 fully saturated rings. The fourth-order valence-electron chi connectivity index (χ4n) is 4.43. The Kier molecular flexibility index (Phi) is 5.99. The van der Waals surface area contributed by atoms with Crippen molar-refractivity contribution in [2.24, 2.45) is 0 Å². The number of carbonyl (C=O) groups excluding carboxylic acids is 1. The first-order valence-electron chi connectivity index (χ1n) is 11.1. The van der Waals surface area contributed by atoms with Crippen LogP contribution in [0, 0.1) is 0 Å². The van der Waals surface area contributed by atoms with Crippen molar-refractivity contribution in [2.75, 3.05) is 20.8 Å². The standard InChI is InChI=1S/C26H24O10/c1-32-11-21-25(12-3-5-15(28)18(7-12)33-2)35-17-6-4-13(8-19(17)34-21)26-24(31)23(30)22-16(29)9-14(27)10-20(22)36-26/h3-10,21,24-29,31H,11H2,1-2H3/t21-,24?,25-,26-/m1/s1. The van der Waals surface area contributed by atoms with Gasteiger partial charge in [-0.3, -0.25) is 4.79 Å². The number of aliphatic hydroxyl groups is 1. The first kappa shape index (κ1) is 23.6. The van der Waals surface area contributed by atoms with Crippen molar-refractivity contribution in [3.63, 3.8) is 0 Å². The molecule has 0 radical (unpaired) electrons. The molecule has 2 heterocycles. The summed E-state index contributed by atoms with van der Waals surface area (Å²) in [6.07, 6.45) is -3.85. The Morgan fingerprint density at radius 2 is 1.53 bits per heavy atom. The van der Waals surface area contributed by atoms with Crippen molar-refractivity contribution >= 4 is 5.78 Å². The molecular weight excluding hydrogens is 472 g/mol. The van der Waals surface area contributed by atoms with Gasteiger partial charge in [-0.2, -0.15) is 0 Å². The third-order valence-electron chi connectivity index (χ3n) is 6.15. The maximum absolute atomic E-state index is 12.8. The number of hydrogen-bond acceptors (Lipinski definition) is 10. The van der Waals surface area contributed by atoms with Crippen molar-refractivity contribution in [1.29, 1.82) is 0 Å². The molecule has 10 heteroatoms. The Balaban J connectivity index is 1.47. The Hall–Kier alpha value is -4.15. The van der Waals surface area contributed by atoms with E-state index in [9.17, 15) is 25.2 Å². The van der Waals surface area contributed by atoms with Gasteiger partial charge in [0.05, 0.1) is 13.7 Å². The summed E-state index contributed by atoms with van der Waals surface area (Å²) in [6, 6.07) is 11.9. The predicted octanol–water partition coefficient (Wildman–Crippen LogP) is 3.02. The largest absolute Gasteiger partial charge is 0.508 e. The summed E-state index contributed by atoms with van der Waals surface area (Å²) < 4.78 is 28.7. The quantitative estimate of drug-likeness (QED) is 0.416. The second-order valence-electron chi connectivity index (χ2n) is 8.47. The number of methoxy groups -OCH3 is 2. The molecule has 0 amide bonds. The van der Waals surface area contributed by atoms with Crippen molar-refractivity contribution in [1.82, 2.24) is 0 Å². The van der Waals surface area contributed by atoms with Gasteiger partial charge in [0.1, 0.15) is 22.8 Å². The van der Waals surface area contributed by atoms with Crippen molar-refractivity contribution in [2.45, 2.75) is 24.4 Å². The summed E-state index contributed by atoms with van der Waals surface area (Å²) in [5.41, 5.74) is 0.934. The van der Waals surface area contributed by atoms with E-state index in [0.717, 1.165) is 6.07 Å². The van der Waals surface area contributed by atoms with Gasteiger partial charge in [0.25, 0.3) is 0 Å². The van der Waals surface area contributed by atoms with E-state index < -0.39 is 35.9 Å². The highest BCUT2D eigenvalue weighted by Crippen LogP contribution is 2.45. The maximum Gasteiger partial charge on any atom is 0.202 e. The van der Waals surface area contributed by atoms with Gasteiger partial charge in [-0.1, -0.05) is 12.1 Å². The minimum Gasteiger partial charge on any atom is -0.508 e. The van der Waals surface area contributed by atoms with Gasteiger partial charge in [0, 0.05) is 24.8 Å².